The third-order valence-corrected chi connectivity index (χ3v) is 6.10. The summed E-state index contributed by atoms with van der Waals surface area (Å²) in [6, 6.07) is 14.2. The normalized spacial score (nSPS) is 17.4. The molecule has 0 unspecified atom stereocenters. The Hall–Kier alpha value is -2.69. The molecular weight excluding hydrogens is 340 g/mol. The van der Waals surface area contributed by atoms with Gasteiger partial charge in [0.25, 0.3) is 0 Å². The molecule has 0 aromatic heterocycles. The van der Waals surface area contributed by atoms with Crippen LogP contribution in [0, 0.1) is 11.3 Å². The number of rotatable bonds is 3. The Kier molecular flexibility index (Phi) is 4.57. The topological polar surface area (TPSA) is 87.5 Å². The van der Waals surface area contributed by atoms with Crippen molar-refractivity contribution in [3.05, 3.63) is 65.2 Å². The quantitative estimate of drug-likeness (QED) is 0.783. The highest BCUT2D eigenvalue weighted by Crippen LogP contribution is 2.29. The lowest BCUT2D eigenvalue weighted by Gasteiger charge is -2.34. The largest absolute Gasteiger partial charge is 0.468 e. The highest BCUT2D eigenvalue weighted by Gasteiger charge is 2.40. The highest BCUT2D eigenvalue weighted by atomic mass is 32.2. The Bertz CT molecular complexity index is 963. The molecule has 0 saturated heterocycles. The van der Waals surface area contributed by atoms with Crippen molar-refractivity contribution >= 4 is 16.0 Å². The average Bonchev–Trinajstić information content (AvgIpc) is 2.66. The summed E-state index contributed by atoms with van der Waals surface area (Å²) in [5.41, 5.74) is 2.02. The number of esters is 1. The standard InChI is InChI=1S/C18H16N2O4S/c1-24-18(21)17-10-14-6-2-3-7-15(14)12-20(17)25(22,23)16-8-4-5-13(9-16)11-19/h2-9,17H,10,12H2,1H3/t17-/m0/s1. The van der Waals surface area contributed by atoms with Gasteiger partial charge in [0.15, 0.2) is 0 Å². The van der Waals surface area contributed by atoms with Crippen LogP contribution in [0.1, 0.15) is 16.7 Å². The Morgan fingerprint density at radius 1 is 1.20 bits per heavy atom. The molecule has 0 fully saturated rings. The average molecular weight is 356 g/mol. The molecule has 0 amide bonds. The van der Waals surface area contributed by atoms with Gasteiger partial charge in [-0.1, -0.05) is 30.3 Å². The van der Waals surface area contributed by atoms with Crippen LogP contribution in [-0.2, 0) is 32.5 Å². The van der Waals surface area contributed by atoms with Crippen molar-refractivity contribution in [3.8, 4) is 6.07 Å². The van der Waals surface area contributed by atoms with Gasteiger partial charge in [-0.25, -0.2) is 8.42 Å². The second-order valence-corrected chi connectivity index (χ2v) is 7.59. The van der Waals surface area contributed by atoms with Crippen LogP contribution in [0.4, 0.5) is 0 Å². The monoisotopic (exact) mass is 356 g/mol. The van der Waals surface area contributed by atoms with Crippen LogP contribution in [0.25, 0.3) is 0 Å². The molecular formula is C18H16N2O4S. The van der Waals surface area contributed by atoms with Crippen LogP contribution in [0.3, 0.4) is 0 Å². The van der Waals surface area contributed by atoms with Gasteiger partial charge in [-0.3, -0.25) is 4.79 Å². The summed E-state index contributed by atoms with van der Waals surface area (Å²) in [4.78, 5) is 12.2. The fraction of sp³-hybridized carbons (Fsp3) is 0.222. The first kappa shape index (κ1) is 17.1. The lowest BCUT2D eigenvalue weighted by atomic mass is 9.96. The molecule has 128 valence electrons. The molecule has 7 heteroatoms. The number of ether oxygens (including phenoxy) is 1. The van der Waals surface area contributed by atoms with Crippen LogP contribution in [0.15, 0.2) is 53.4 Å². The molecule has 1 aliphatic rings. The Labute approximate surface area is 146 Å². The molecule has 0 N–H and O–H groups in total. The third kappa shape index (κ3) is 3.14. The van der Waals surface area contributed by atoms with Gasteiger partial charge < -0.3 is 4.74 Å². The van der Waals surface area contributed by atoms with Crippen molar-refractivity contribution in [2.75, 3.05) is 7.11 Å². The van der Waals surface area contributed by atoms with E-state index in [0.717, 1.165) is 15.4 Å². The zero-order valence-electron chi connectivity index (χ0n) is 13.5. The number of carbonyl (C=O) groups excluding carboxylic acids is 1. The zero-order chi connectivity index (χ0) is 18.0. The molecule has 0 spiro atoms. The van der Waals surface area contributed by atoms with E-state index in [1.54, 1.807) is 0 Å². The summed E-state index contributed by atoms with van der Waals surface area (Å²) < 4.78 is 32.2. The zero-order valence-corrected chi connectivity index (χ0v) is 14.4. The summed E-state index contributed by atoms with van der Waals surface area (Å²) in [6.07, 6.45) is 0.250. The molecule has 0 radical (unpaired) electrons. The predicted octanol–water partition coefficient (Wildman–Crippen LogP) is 1.85. The summed E-state index contributed by atoms with van der Waals surface area (Å²) in [5, 5.41) is 9.01. The minimum Gasteiger partial charge on any atom is -0.468 e. The predicted molar refractivity (Wildman–Crippen MR) is 89.8 cm³/mol. The molecule has 1 aliphatic heterocycles. The van der Waals surface area contributed by atoms with Gasteiger partial charge in [-0.05, 0) is 29.3 Å². The number of carbonyl (C=O) groups is 1. The van der Waals surface area contributed by atoms with Crippen molar-refractivity contribution in [2.24, 2.45) is 0 Å². The fourth-order valence-corrected chi connectivity index (χ4v) is 4.55. The van der Waals surface area contributed by atoms with Crippen LogP contribution < -0.4 is 0 Å². The molecule has 0 saturated carbocycles. The number of methoxy groups -OCH3 is 1. The van der Waals surface area contributed by atoms with E-state index < -0.39 is 22.0 Å². The lowest BCUT2D eigenvalue weighted by Crippen LogP contribution is -2.49. The minimum absolute atomic E-state index is 0.0140. The fourth-order valence-electron chi connectivity index (χ4n) is 2.95. The number of benzene rings is 2. The van der Waals surface area contributed by atoms with Crippen molar-refractivity contribution in [2.45, 2.75) is 23.9 Å². The number of hydrogen-bond donors (Lipinski definition) is 0. The number of fused-ring (bicyclic) bond motifs is 1. The summed E-state index contributed by atoms with van der Waals surface area (Å²) in [5.74, 6) is -0.602. The third-order valence-electron chi connectivity index (χ3n) is 4.25. The number of nitrogens with zero attached hydrogens (tertiary/aromatic N) is 2. The maximum absolute atomic E-state index is 13.1. The van der Waals surface area contributed by atoms with E-state index in [-0.39, 0.29) is 23.4 Å². The number of nitriles is 1. The van der Waals surface area contributed by atoms with Gasteiger partial charge in [-0.15, -0.1) is 0 Å². The van der Waals surface area contributed by atoms with Gasteiger partial charge in [-0.2, -0.15) is 9.57 Å². The Balaban J connectivity index is 2.08. The SMILES string of the molecule is COC(=O)[C@@H]1Cc2ccccc2CN1S(=O)(=O)c1cccc(C#N)c1. The smallest absolute Gasteiger partial charge is 0.324 e. The van der Waals surface area contributed by atoms with Crippen molar-refractivity contribution < 1.29 is 17.9 Å². The van der Waals surface area contributed by atoms with E-state index in [2.05, 4.69) is 0 Å². The van der Waals surface area contributed by atoms with Crippen molar-refractivity contribution in [1.29, 1.82) is 5.26 Å². The van der Waals surface area contributed by atoms with Crippen molar-refractivity contribution in [1.82, 2.24) is 4.31 Å². The van der Waals surface area contributed by atoms with Crippen LogP contribution in [0.2, 0.25) is 0 Å². The molecule has 0 bridgehead atoms. The first-order valence-corrected chi connectivity index (χ1v) is 9.08. The van der Waals surface area contributed by atoms with E-state index in [9.17, 15) is 13.2 Å². The molecule has 1 heterocycles. The Morgan fingerprint density at radius 3 is 2.60 bits per heavy atom. The molecule has 0 aliphatic carbocycles. The molecule has 3 rings (SSSR count). The van der Waals surface area contributed by atoms with E-state index in [4.69, 9.17) is 10.00 Å². The first-order valence-electron chi connectivity index (χ1n) is 7.64. The van der Waals surface area contributed by atoms with Gasteiger partial charge in [0.2, 0.25) is 10.0 Å². The number of sulfonamides is 1. The van der Waals surface area contributed by atoms with Gasteiger partial charge >= 0.3 is 5.97 Å². The van der Waals surface area contributed by atoms with Gasteiger partial charge in [0.05, 0.1) is 23.6 Å². The lowest BCUT2D eigenvalue weighted by molar-refractivity contribution is -0.145. The molecule has 25 heavy (non-hydrogen) atoms. The molecule has 2 aromatic carbocycles. The van der Waals surface area contributed by atoms with Crippen molar-refractivity contribution in [3.63, 3.8) is 0 Å². The molecule has 6 nitrogen and oxygen atoms in total. The molecule has 2 aromatic rings. The van der Waals surface area contributed by atoms with Gasteiger partial charge in [0, 0.05) is 13.0 Å². The first-order chi connectivity index (χ1) is 12.0. The number of hydrogen-bond acceptors (Lipinski definition) is 5. The van der Waals surface area contributed by atoms with E-state index in [1.807, 2.05) is 30.3 Å². The Morgan fingerprint density at radius 2 is 1.92 bits per heavy atom. The summed E-state index contributed by atoms with van der Waals surface area (Å²) in [6.45, 7) is 0.0784. The van der Waals surface area contributed by atoms with Gasteiger partial charge in [0.1, 0.15) is 6.04 Å². The van der Waals surface area contributed by atoms with Crippen LogP contribution in [0.5, 0.6) is 0 Å². The maximum Gasteiger partial charge on any atom is 0.324 e. The minimum atomic E-state index is -3.96. The maximum atomic E-state index is 13.1. The summed E-state index contributed by atoms with van der Waals surface area (Å²) >= 11 is 0. The van der Waals surface area contributed by atoms with Crippen LogP contribution in [-0.4, -0.2) is 31.8 Å². The molecule has 1 atom stereocenters. The van der Waals surface area contributed by atoms with E-state index >= 15 is 0 Å². The van der Waals surface area contributed by atoms with Crippen LogP contribution >= 0.6 is 0 Å². The second kappa shape index (κ2) is 6.67. The van der Waals surface area contributed by atoms with E-state index in [1.165, 1.54) is 31.4 Å². The summed E-state index contributed by atoms with van der Waals surface area (Å²) in [7, 11) is -2.72. The highest BCUT2D eigenvalue weighted by molar-refractivity contribution is 7.89. The second-order valence-electron chi connectivity index (χ2n) is 5.70. The van der Waals surface area contributed by atoms with E-state index in [0.29, 0.717) is 0 Å².